The molecule has 2 aromatic rings. The van der Waals surface area contributed by atoms with Gasteiger partial charge in [-0.05, 0) is 25.5 Å². The maximum atomic E-state index is 13.8. The third-order valence-corrected chi connectivity index (χ3v) is 6.55. The van der Waals surface area contributed by atoms with Crippen LogP contribution in [0, 0.1) is 5.82 Å². The molecule has 25 heavy (non-hydrogen) atoms. The van der Waals surface area contributed by atoms with Gasteiger partial charge in [-0.25, -0.2) is 17.8 Å². The molecule has 10 heteroatoms. The number of rotatable bonds is 5. The number of hydrogen-bond acceptors (Lipinski definition) is 6. The van der Waals surface area contributed by atoms with Gasteiger partial charge in [0.15, 0.2) is 15.7 Å². The van der Waals surface area contributed by atoms with E-state index in [1.807, 2.05) is 0 Å². The number of amides is 1. The molecule has 1 aliphatic rings. The lowest BCUT2D eigenvalue weighted by Gasteiger charge is -2.14. The highest BCUT2D eigenvalue weighted by Gasteiger charge is 2.30. The number of H-pyrrole nitrogens is 1. The summed E-state index contributed by atoms with van der Waals surface area (Å²) in [5.41, 5.74) is 0.301. The molecule has 134 valence electrons. The van der Waals surface area contributed by atoms with Crippen LogP contribution < -0.4 is 5.32 Å². The van der Waals surface area contributed by atoms with Crippen LogP contribution in [0.15, 0.2) is 29.4 Å². The van der Waals surface area contributed by atoms with Crippen molar-refractivity contribution in [2.75, 3.05) is 11.5 Å². The van der Waals surface area contributed by atoms with Gasteiger partial charge in [0, 0.05) is 6.04 Å². The Bertz CT molecular complexity index is 884. The molecule has 0 spiro atoms. The van der Waals surface area contributed by atoms with Crippen molar-refractivity contribution >= 4 is 27.5 Å². The second kappa shape index (κ2) is 7.12. The summed E-state index contributed by atoms with van der Waals surface area (Å²) in [7, 11) is -3.04. The number of aromatic nitrogens is 3. The van der Waals surface area contributed by atoms with Gasteiger partial charge >= 0.3 is 0 Å². The molecule has 1 aliphatic heterocycles. The van der Waals surface area contributed by atoms with Crippen molar-refractivity contribution in [1.29, 1.82) is 0 Å². The van der Waals surface area contributed by atoms with Crippen molar-refractivity contribution in [1.82, 2.24) is 20.5 Å². The minimum absolute atomic E-state index is 0.0196. The molecule has 1 fully saturated rings. The van der Waals surface area contributed by atoms with Crippen LogP contribution in [0.3, 0.4) is 0 Å². The van der Waals surface area contributed by atoms with Crippen LogP contribution in [0.4, 0.5) is 4.39 Å². The quantitative estimate of drug-likeness (QED) is 0.755. The third kappa shape index (κ3) is 4.37. The number of nitrogens with one attached hydrogen (secondary N) is 2. The molecule has 7 nitrogen and oxygen atoms in total. The van der Waals surface area contributed by atoms with Crippen LogP contribution in [0.2, 0.25) is 0 Å². The normalized spacial score (nSPS) is 20.3. The molecular formula is C15H17FN4O3S2. The van der Waals surface area contributed by atoms with E-state index in [9.17, 15) is 17.6 Å². The average molecular weight is 384 g/mol. The summed E-state index contributed by atoms with van der Waals surface area (Å²) in [4.78, 5) is 16.4. The standard InChI is InChI=1S/C15H17FN4O3S2/c1-9(14(21)17-10-6-7-25(22,23)8-10)24-15-18-13(19-20-15)11-4-2-3-5-12(11)16/h2-5,9-10H,6-8H2,1H3,(H,17,21)(H,18,19,20)/t9-,10+/m1/s1. The summed E-state index contributed by atoms with van der Waals surface area (Å²) < 4.78 is 36.6. The number of carbonyl (C=O) groups excluding carboxylic acids is 1. The monoisotopic (exact) mass is 384 g/mol. The van der Waals surface area contributed by atoms with E-state index < -0.39 is 20.9 Å². The third-order valence-electron chi connectivity index (χ3n) is 3.82. The maximum absolute atomic E-state index is 13.8. The van der Waals surface area contributed by atoms with E-state index in [1.54, 1.807) is 25.1 Å². The topological polar surface area (TPSA) is 105 Å². The Morgan fingerprint density at radius 2 is 2.20 bits per heavy atom. The highest BCUT2D eigenvalue weighted by molar-refractivity contribution is 8.00. The van der Waals surface area contributed by atoms with Crippen molar-refractivity contribution in [3.63, 3.8) is 0 Å². The number of hydrogen-bond donors (Lipinski definition) is 2. The molecule has 3 rings (SSSR count). The van der Waals surface area contributed by atoms with Crippen LogP contribution in [-0.4, -0.2) is 52.3 Å². The minimum atomic E-state index is -3.04. The molecule has 1 amide bonds. The Morgan fingerprint density at radius 3 is 2.88 bits per heavy atom. The molecular weight excluding hydrogens is 367 g/mol. The fourth-order valence-corrected chi connectivity index (χ4v) is 4.92. The molecule has 2 atom stereocenters. The van der Waals surface area contributed by atoms with Gasteiger partial charge < -0.3 is 5.32 Å². The summed E-state index contributed by atoms with van der Waals surface area (Å²) in [6.45, 7) is 1.68. The van der Waals surface area contributed by atoms with Gasteiger partial charge in [-0.15, -0.1) is 5.10 Å². The lowest BCUT2D eigenvalue weighted by atomic mass is 10.2. The zero-order valence-electron chi connectivity index (χ0n) is 13.4. The molecule has 1 saturated heterocycles. The maximum Gasteiger partial charge on any atom is 0.233 e. The molecule has 2 N–H and O–H groups in total. The highest BCUT2D eigenvalue weighted by Crippen LogP contribution is 2.24. The predicted octanol–water partition coefficient (Wildman–Crippen LogP) is 1.39. The Balaban J connectivity index is 1.61. The molecule has 1 aromatic heterocycles. The summed E-state index contributed by atoms with van der Waals surface area (Å²) >= 11 is 1.12. The van der Waals surface area contributed by atoms with Crippen LogP contribution in [0.1, 0.15) is 13.3 Å². The molecule has 0 aliphatic carbocycles. The average Bonchev–Trinajstić information content (AvgIpc) is 3.14. The molecule has 0 radical (unpaired) electrons. The molecule has 0 bridgehead atoms. The van der Waals surface area contributed by atoms with Crippen LogP contribution in [-0.2, 0) is 14.6 Å². The lowest BCUT2D eigenvalue weighted by Crippen LogP contribution is -2.39. The number of thioether (sulfide) groups is 1. The van der Waals surface area contributed by atoms with Gasteiger partial charge in [-0.2, -0.15) is 0 Å². The highest BCUT2D eigenvalue weighted by atomic mass is 32.2. The molecule has 0 saturated carbocycles. The largest absolute Gasteiger partial charge is 0.351 e. The Hall–Kier alpha value is -1.94. The van der Waals surface area contributed by atoms with Crippen molar-refractivity contribution in [2.24, 2.45) is 0 Å². The van der Waals surface area contributed by atoms with Gasteiger partial charge in [0.1, 0.15) is 5.82 Å². The summed E-state index contributed by atoms with van der Waals surface area (Å²) in [5, 5.41) is 9.20. The van der Waals surface area contributed by atoms with Crippen LogP contribution in [0.25, 0.3) is 11.4 Å². The van der Waals surface area contributed by atoms with Gasteiger partial charge in [0.05, 0.1) is 22.3 Å². The van der Waals surface area contributed by atoms with Crippen molar-refractivity contribution < 1.29 is 17.6 Å². The molecule has 2 heterocycles. The van der Waals surface area contributed by atoms with E-state index in [2.05, 4.69) is 20.5 Å². The van der Waals surface area contributed by atoms with Crippen LogP contribution in [0.5, 0.6) is 0 Å². The number of nitrogens with zero attached hydrogens (tertiary/aromatic N) is 2. The second-order valence-corrected chi connectivity index (χ2v) is 9.35. The van der Waals surface area contributed by atoms with E-state index >= 15 is 0 Å². The van der Waals surface area contributed by atoms with E-state index in [0.29, 0.717) is 17.1 Å². The zero-order chi connectivity index (χ0) is 18.0. The van der Waals surface area contributed by atoms with E-state index in [-0.39, 0.29) is 29.3 Å². The van der Waals surface area contributed by atoms with Gasteiger partial charge in [0.2, 0.25) is 11.1 Å². The first-order valence-corrected chi connectivity index (χ1v) is 10.4. The van der Waals surface area contributed by atoms with Crippen molar-refractivity contribution in [3.8, 4) is 11.4 Å². The first kappa shape index (κ1) is 17.9. The van der Waals surface area contributed by atoms with Gasteiger partial charge in [-0.3, -0.25) is 9.89 Å². The van der Waals surface area contributed by atoms with Gasteiger partial charge in [-0.1, -0.05) is 23.9 Å². The van der Waals surface area contributed by atoms with Crippen molar-refractivity contribution in [2.45, 2.75) is 29.8 Å². The smallest absolute Gasteiger partial charge is 0.233 e. The number of sulfone groups is 1. The second-order valence-electron chi connectivity index (χ2n) is 5.82. The van der Waals surface area contributed by atoms with E-state index in [4.69, 9.17) is 0 Å². The fraction of sp³-hybridized carbons (Fsp3) is 0.400. The molecule has 0 unspecified atom stereocenters. The van der Waals surface area contributed by atoms with E-state index in [0.717, 1.165) is 11.8 Å². The minimum Gasteiger partial charge on any atom is -0.351 e. The summed E-state index contributed by atoms with van der Waals surface area (Å²) in [5.74, 6) is -0.316. The lowest BCUT2D eigenvalue weighted by molar-refractivity contribution is -0.120. The first-order valence-electron chi connectivity index (χ1n) is 7.69. The zero-order valence-corrected chi connectivity index (χ0v) is 15.0. The predicted molar refractivity (Wildman–Crippen MR) is 92.3 cm³/mol. The number of benzene rings is 1. The van der Waals surface area contributed by atoms with Crippen LogP contribution >= 0.6 is 11.8 Å². The number of aromatic amines is 1. The van der Waals surface area contributed by atoms with Gasteiger partial charge in [0.25, 0.3) is 0 Å². The Labute approximate surface area is 148 Å². The number of carbonyl (C=O) groups is 1. The van der Waals surface area contributed by atoms with E-state index in [1.165, 1.54) is 6.07 Å². The van der Waals surface area contributed by atoms with Crippen molar-refractivity contribution in [3.05, 3.63) is 30.1 Å². The fourth-order valence-electron chi connectivity index (χ4n) is 2.51. The first-order chi connectivity index (χ1) is 11.8. The Kier molecular flexibility index (Phi) is 5.09. The SMILES string of the molecule is C[C@@H](Sc1n[nH]c(-c2ccccc2F)n1)C(=O)N[C@H]1CCS(=O)(=O)C1. The summed E-state index contributed by atoms with van der Waals surface area (Å²) in [6.07, 6.45) is 0.434. The molecule has 1 aromatic carbocycles. The summed E-state index contributed by atoms with van der Waals surface area (Å²) in [6, 6.07) is 5.85. The Morgan fingerprint density at radius 1 is 1.44 bits per heavy atom. The number of halogens is 1.